The molecule has 0 radical (unpaired) electrons. The van der Waals surface area contributed by atoms with Crippen molar-refractivity contribution in [3.8, 4) is 11.8 Å². The van der Waals surface area contributed by atoms with Gasteiger partial charge in [0.05, 0.1) is 32.4 Å². The number of nitrogens with zero attached hydrogens (tertiary/aromatic N) is 1. The van der Waals surface area contributed by atoms with E-state index in [2.05, 4.69) is 17.5 Å². The summed E-state index contributed by atoms with van der Waals surface area (Å²) in [7, 11) is 3.51. The molecule has 0 amide bonds. The van der Waals surface area contributed by atoms with Crippen LogP contribution >= 0.6 is 0 Å². The van der Waals surface area contributed by atoms with Crippen molar-refractivity contribution < 1.29 is 9.47 Å². The summed E-state index contributed by atoms with van der Waals surface area (Å²) in [6.45, 7) is 2.96. The minimum atomic E-state index is -0.490. The molecular formula is C14H18N2O2. The quantitative estimate of drug-likeness (QED) is 0.880. The summed E-state index contributed by atoms with van der Waals surface area (Å²) >= 11 is 0. The van der Waals surface area contributed by atoms with Gasteiger partial charge in [-0.2, -0.15) is 5.26 Å². The number of rotatable bonds is 4. The van der Waals surface area contributed by atoms with E-state index < -0.39 is 5.41 Å². The molecule has 96 valence electrons. The van der Waals surface area contributed by atoms with Gasteiger partial charge in [0.1, 0.15) is 11.2 Å². The van der Waals surface area contributed by atoms with E-state index in [-0.39, 0.29) is 6.04 Å². The summed E-state index contributed by atoms with van der Waals surface area (Å²) in [5.41, 5.74) is 1.68. The van der Waals surface area contributed by atoms with E-state index in [4.69, 9.17) is 9.47 Å². The lowest BCUT2D eigenvalue weighted by molar-refractivity contribution is -0.0966. The molecule has 1 fully saturated rings. The monoisotopic (exact) mass is 246 g/mol. The average Bonchev–Trinajstić information content (AvgIpc) is 2.33. The molecule has 1 heterocycles. The van der Waals surface area contributed by atoms with E-state index in [1.54, 1.807) is 7.11 Å². The highest BCUT2D eigenvalue weighted by atomic mass is 16.5. The maximum Gasteiger partial charge on any atom is 0.123 e. The third-order valence-electron chi connectivity index (χ3n) is 3.48. The second-order valence-electron chi connectivity index (χ2n) is 4.73. The summed E-state index contributed by atoms with van der Waals surface area (Å²) in [6.07, 6.45) is 0. The van der Waals surface area contributed by atoms with Crippen molar-refractivity contribution in [1.82, 2.24) is 5.32 Å². The van der Waals surface area contributed by atoms with Crippen LogP contribution in [-0.2, 0) is 4.74 Å². The number of hydrogen-bond donors (Lipinski definition) is 1. The van der Waals surface area contributed by atoms with Crippen molar-refractivity contribution in [2.75, 3.05) is 27.4 Å². The molecule has 1 unspecified atom stereocenters. The third-order valence-corrected chi connectivity index (χ3v) is 3.48. The van der Waals surface area contributed by atoms with Crippen molar-refractivity contribution in [3.05, 3.63) is 29.3 Å². The van der Waals surface area contributed by atoms with Gasteiger partial charge in [0.25, 0.3) is 0 Å². The van der Waals surface area contributed by atoms with Crippen molar-refractivity contribution >= 4 is 0 Å². The van der Waals surface area contributed by atoms with Crippen molar-refractivity contribution in [2.24, 2.45) is 5.41 Å². The van der Waals surface area contributed by atoms with Gasteiger partial charge in [0.2, 0.25) is 0 Å². The van der Waals surface area contributed by atoms with Gasteiger partial charge in [-0.05, 0) is 20.0 Å². The molecule has 18 heavy (non-hydrogen) atoms. The van der Waals surface area contributed by atoms with Crippen LogP contribution in [0.25, 0.3) is 0 Å². The maximum absolute atomic E-state index is 9.42. The highest BCUT2D eigenvalue weighted by Crippen LogP contribution is 2.42. The number of methoxy groups -OCH3 is 1. The lowest BCUT2D eigenvalue weighted by Gasteiger charge is -2.42. The maximum atomic E-state index is 9.42. The molecular weight excluding hydrogens is 228 g/mol. The van der Waals surface area contributed by atoms with Crippen LogP contribution in [0, 0.1) is 23.7 Å². The first-order chi connectivity index (χ1) is 8.66. The molecule has 1 aromatic carbocycles. The Kier molecular flexibility index (Phi) is 3.55. The van der Waals surface area contributed by atoms with Gasteiger partial charge >= 0.3 is 0 Å². The van der Waals surface area contributed by atoms with E-state index >= 15 is 0 Å². The molecule has 2 rings (SSSR count). The molecule has 4 heteroatoms. The van der Waals surface area contributed by atoms with Gasteiger partial charge in [0.15, 0.2) is 0 Å². The molecule has 1 aliphatic rings. The van der Waals surface area contributed by atoms with Crippen LogP contribution in [0.1, 0.15) is 17.2 Å². The minimum Gasteiger partial charge on any atom is -0.496 e. The van der Waals surface area contributed by atoms with E-state index in [0.29, 0.717) is 13.2 Å². The number of nitriles is 1. The zero-order valence-corrected chi connectivity index (χ0v) is 11.0. The van der Waals surface area contributed by atoms with Crippen LogP contribution < -0.4 is 10.1 Å². The average molecular weight is 246 g/mol. The number of benzene rings is 1. The highest BCUT2D eigenvalue weighted by molar-refractivity contribution is 5.41. The van der Waals surface area contributed by atoms with Crippen LogP contribution in [-0.4, -0.2) is 27.4 Å². The van der Waals surface area contributed by atoms with Gasteiger partial charge in [-0.25, -0.2) is 0 Å². The molecule has 4 nitrogen and oxygen atoms in total. The summed E-state index contributed by atoms with van der Waals surface area (Å²) in [5.74, 6) is 0.807. The second kappa shape index (κ2) is 4.97. The van der Waals surface area contributed by atoms with Crippen LogP contribution in [0.3, 0.4) is 0 Å². The van der Waals surface area contributed by atoms with Crippen molar-refractivity contribution in [1.29, 1.82) is 5.26 Å². The SMILES string of the molecule is CNC(c1cc(C)ccc1OC)C1(C#N)COC1. The fourth-order valence-electron chi connectivity index (χ4n) is 2.43. The van der Waals surface area contributed by atoms with Crippen molar-refractivity contribution in [2.45, 2.75) is 13.0 Å². The first-order valence-corrected chi connectivity index (χ1v) is 5.97. The molecule has 0 saturated carbocycles. The van der Waals surface area contributed by atoms with Gasteiger partial charge < -0.3 is 14.8 Å². The fourth-order valence-corrected chi connectivity index (χ4v) is 2.43. The smallest absolute Gasteiger partial charge is 0.123 e. The lowest BCUT2D eigenvalue weighted by Crippen LogP contribution is -2.50. The number of nitrogens with one attached hydrogen (secondary N) is 1. The van der Waals surface area contributed by atoms with E-state index in [9.17, 15) is 5.26 Å². The zero-order chi connectivity index (χ0) is 13.2. The second-order valence-corrected chi connectivity index (χ2v) is 4.73. The van der Waals surface area contributed by atoms with Crippen LogP contribution in [0.4, 0.5) is 0 Å². The van der Waals surface area contributed by atoms with E-state index in [0.717, 1.165) is 16.9 Å². The molecule has 0 spiro atoms. The minimum absolute atomic E-state index is 0.0777. The predicted molar refractivity (Wildman–Crippen MR) is 68.4 cm³/mol. The Morgan fingerprint density at radius 2 is 2.22 bits per heavy atom. The van der Waals surface area contributed by atoms with Crippen molar-refractivity contribution in [3.63, 3.8) is 0 Å². The molecule has 0 aliphatic carbocycles. The highest BCUT2D eigenvalue weighted by Gasteiger charge is 2.47. The van der Waals surface area contributed by atoms with Crippen LogP contribution in [0.15, 0.2) is 18.2 Å². The summed E-state index contributed by atoms with van der Waals surface area (Å²) < 4.78 is 10.6. The van der Waals surface area contributed by atoms with Gasteiger partial charge in [-0.15, -0.1) is 0 Å². The number of ether oxygens (including phenoxy) is 2. The largest absolute Gasteiger partial charge is 0.496 e. The lowest BCUT2D eigenvalue weighted by atomic mass is 9.76. The summed E-state index contributed by atoms with van der Waals surface area (Å²) in [4.78, 5) is 0. The molecule has 1 aromatic rings. The number of hydrogen-bond acceptors (Lipinski definition) is 4. The van der Waals surface area contributed by atoms with Gasteiger partial charge in [0, 0.05) is 5.56 Å². The first kappa shape index (κ1) is 12.9. The molecule has 1 atom stereocenters. The van der Waals surface area contributed by atoms with E-state index in [1.807, 2.05) is 26.1 Å². The fraction of sp³-hybridized carbons (Fsp3) is 0.500. The first-order valence-electron chi connectivity index (χ1n) is 5.97. The molecule has 1 aliphatic heterocycles. The normalized spacial score (nSPS) is 18.6. The molecule has 1 N–H and O–H groups in total. The molecule has 0 bridgehead atoms. The summed E-state index contributed by atoms with van der Waals surface area (Å²) in [5, 5.41) is 12.7. The number of aryl methyl sites for hydroxylation is 1. The van der Waals surface area contributed by atoms with Gasteiger partial charge in [-0.3, -0.25) is 0 Å². The zero-order valence-electron chi connectivity index (χ0n) is 11.0. The Morgan fingerprint density at radius 1 is 1.50 bits per heavy atom. The van der Waals surface area contributed by atoms with Crippen LogP contribution in [0.5, 0.6) is 5.75 Å². The third kappa shape index (κ3) is 1.96. The van der Waals surface area contributed by atoms with Gasteiger partial charge in [-0.1, -0.05) is 17.7 Å². The predicted octanol–water partition coefficient (Wildman–Crippen LogP) is 1.80. The Hall–Kier alpha value is -1.57. The Balaban J connectivity index is 2.44. The molecule has 1 saturated heterocycles. The summed E-state index contributed by atoms with van der Waals surface area (Å²) in [6, 6.07) is 8.33. The Labute approximate surface area is 108 Å². The van der Waals surface area contributed by atoms with E-state index in [1.165, 1.54) is 0 Å². The Morgan fingerprint density at radius 3 is 2.67 bits per heavy atom. The Bertz CT molecular complexity index is 475. The molecule has 0 aromatic heterocycles. The topological polar surface area (TPSA) is 54.3 Å². The van der Waals surface area contributed by atoms with Crippen LogP contribution in [0.2, 0.25) is 0 Å². The standard InChI is InChI=1S/C14H18N2O2/c1-10-4-5-12(17-3)11(6-10)13(16-2)14(7-15)8-18-9-14/h4-6,13,16H,8-9H2,1-3H3.